The first kappa shape index (κ1) is 9.69. The highest BCUT2D eigenvalue weighted by Gasteiger charge is 2.13. The first-order chi connectivity index (χ1) is 7.40. The van der Waals surface area contributed by atoms with Crippen LogP contribution in [0.1, 0.15) is 0 Å². The van der Waals surface area contributed by atoms with Crippen molar-refractivity contribution in [2.24, 2.45) is 5.73 Å². The van der Waals surface area contributed by atoms with E-state index in [0.717, 1.165) is 5.75 Å². The van der Waals surface area contributed by atoms with E-state index in [1.165, 1.54) is 0 Å². The quantitative estimate of drug-likeness (QED) is 0.724. The topological polar surface area (TPSA) is 53.7 Å². The minimum absolute atomic E-state index is 0.270. The van der Waals surface area contributed by atoms with Crippen molar-refractivity contribution in [2.75, 3.05) is 19.9 Å². The molecule has 1 aromatic carbocycles. The summed E-state index contributed by atoms with van der Waals surface area (Å²) in [7, 11) is 0. The SMILES string of the molecule is NCC#CCOc1ccc2c(c1)OCO2. The lowest BCUT2D eigenvalue weighted by atomic mass is 10.3. The average Bonchev–Trinajstić information content (AvgIpc) is 2.71. The molecule has 1 aliphatic rings. The van der Waals surface area contributed by atoms with Crippen LogP contribution in [0.15, 0.2) is 18.2 Å². The van der Waals surface area contributed by atoms with E-state index in [4.69, 9.17) is 19.9 Å². The fourth-order valence-corrected chi connectivity index (χ4v) is 1.21. The van der Waals surface area contributed by atoms with Crippen LogP contribution in [0.25, 0.3) is 0 Å². The van der Waals surface area contributed by atoms with Gasteiger partial charge < -0.3 is 19.9 Å². The van der Waals surface area contributed by atoms with E-state index in [0.29, 0.717) is 24.7 Å². The fourth-order valence-electron chi connectivity index (χ4n) is 1.21. The highest BCUT2D eigenvalue weighted by Crippen LogP contribution is 2.34. The Kier molecular flexibility index (Phi) is 2.96. The van der Waals surface area contributed by atoms with E-state index in [1.807, 2.05) is 12.1 Å². The van der Waals surface area contributed by atoms with Crippen LogP contribution in [0.4, 0.5) is 0 Å². The molecule has 4 heteroatoms. The third-order valence-electron chi connectivity index (χ3n) is 1.88. The van der Waals surface area contributed by atoms with Gasteiger partial charge in [-0.2, -0.15) is 0 Å². The lowest BCUT2D eigenvalue weighted by Crippen LogP contribution is -1.97. The van der Waals surface area contributed by atoms with Gasteiger partial charge in [-0.1, -0.05) is 11.8 Å². The van der Waals surface area contributed by atoms with Crippen LogP contribution in [-0.4, -0.2) is 19.9 Å². The van der Waals surface area contributed by atoms with Crippen molar-refractivity contribution in [2.45, 2.75) is 0 Å². The number of fused-ring (bicyclic) bond motifs is 1. The standard InChI is InChI=1S/C11H11NO3/c12-5-1-2-6-13-9-3-4-10-11(7-9)15-8-14-10/h3-4,7H,5-6,8,12H2. The molecule has 0 saturated carbocycles. The Morgan fingerprint density at radius 3 is 3.00 bits per heavy atom. The smallest absolute Gasteiger partial charge is 0.231 e. The fraction of sp³-hybridized carbons (Fsp3) is 0.273. The Morgan fingerprint density at radius 2 is 2.13 bits per heavy atom. The molecule has 0 bridgehead atoms. The molecule has 0 spiro atoms. The van der Waals surface area contributed by atoms with Gasteiger partial charge in [0.2, 0.25) is 6.79 Å². The molecule has 15 heavy (non-hydrogen) atoms. The van der Waals surface area contributed by atoms with Crippen molar-refractivity contribution in [3.63, 3.8) is 0 Å². The summed E-state index contributed by atoms with van der Waals surface area (Å²) in [6, 6.07) is 5.41. The lowest BCUT2D eigenvalue weighted by Gasteiger charge is -2.02. The van der Waals surface area contributed by atoms with Crippen molar-refractivity contribution >= 4 is 0 Å². The molecule has 78 valence electrons. The molecule has 0 aromatic heterocycles. The van der Waals surface area contributed by atoms with Crippen molar-refractivity contribution in [3.8, 4) is 29.1 Å². The Morgan fingerprint density at radius 1 is 1.27 bits per heavy atom. The maximum Gasteiger partial charge on any atom is 0.231 e. The zero-order valence-electron chi connectivity index (χ0n) is 8.16. The van der Waals surface area contributed by atoms with E-state index in [-0.39, 0.29) is 6.79 Å². The van der Waals surface area contributed by atoms with Crippen LogP contribution in [-0.2, 0) is 0 Å². The number of ether oxygens (including phenoxy) is 3. The van der Waals surface area contributed by atoms with Crippen molar-refractivity contribution in [3.05, 3.63) is 18.2 Å². The molecule has 2 rings (SSSR count). The summed E-state index contributed by atoms with van der Waals surface area (Å²) >= 11 is 0. The zero-order valence-corrected chi connectivity index (χ0v) is 8.16. The first-order valence-electron chi connectivity index (χ1n) is 4.58. The van der Waals surface area contributed by atoms with Gasteiger partial charge in [-0.3, -0.25) is 0 Å². The van der Waals surface area contributed by atoms with Gasteiger partial charge in [0.05, 0.1) is 6.54 Å². The highest BCUT2D eigenvalue weighted by atomic mass is 16.7. The molecule has 4 nitrogen and oxygen atoms in total. The zero-order chi connectivity index (χ0) is 10.5. The number of hydrogen-bond acceptors (Lipinski definition) is 4. The van der Waals surface area contributed by atoms with Crippen molar-refractivity contribution in [1.29, 1.82) is 0 Å². The van der Waals surface area contributed by atoms with Crippen LogP contribution >= 0.6 is 0 Å². The molecule has 0 unspecified atom stereocenters. The van der Waals surface area contributed by atoms with E-state index in [2.05, 4.69) is 11.8 Å². The van der Waals surface area contributed by atoms with Crippen molar-refractivity contribution in [1.82, 2.24) is 0 Å². The molecule has 0 fully saturated rings. The van der Waals surface area contributed by atoms with Gasteiger partial charge in [0.15, 0.2) is 11.5 Å². The van der Waals surface area contributed by atoms with Gasteiger partial charge in [-0.15, -0.1) is 0 Å². The highest BCUT2D eigenvalue weighted by molar-refractivity contribution is 5.46. The van der Waals surface area contributed by atoms with E-state index in [1.54, 1.807) is 6.07 Å². The molecule has 1 aromatic rings. The maximum absolute atomic E-state index is 5.37. The Balaban J connectivity index is 1.98. The summed E-state index contributed by atoms with van der Waals surface area (Å²) < 4.78 is 15.8. The van der Waals surface area contributed by atoms with Gasteiger partial charge in [-0.05, 0) is 12.1 Å². The summed E-state index contributed by atoms with van der Waals surface area (Å²) in [5.41, 5.74) is 5.22. The summed E-state index contributed by atoms with van der Waals surface area (Å²) in [5.74, 6) is 7.67. The molecule has 2 N–H and O–H groups in total. The van der Waals surface area contributed by atoms with E-state index in [9.17, 15) is 0 Å². The number of benzene rings is 1. The second kappa shape index (κ2) is 4.58. The van der Waals surface area contributed by atoms with Gasteiger partial charge in [-0.25, -0.2) is 0 Å². The second-order valence-corrected chi connectivity index (χ2v) is 2.86. The normalized spacial score (nSPS) is 11.8. The monoisotopic (exact) mass is 205 g/mol. The first-order valence-corrected chi connectivity index (χ1v) is 4.58. The third kappa shape index (κ3) is 2.33. The average molecular weight is 205 g/mol. The molecule has 0 saturated heterocycles. The third-order valence-corrected chi connectivity index (χ3v) is 1.88. The van der Waals surface area contributed by atoms with E-state index >= 15 is 0 Å². The molecule has 0 radical (unpaired) electrons. The summed E-state index contributed by atoms with van der Waals surface area (Å²) in [5, 5.41) is 0. The number of rotatable bonds is 2. The molecule has 0 aliphatic carbocycles. The Bertz CT molecular complexity index is 406. The largest absolute Gasteiger partial charge is 0.481 e. The van der Waals surface area contributed by atoms with E-state index < -0.39 is 0 Å². The molecule has 1 aliphatic heterocycles. The predicted molar refractivity (Wildman–Crippen MR) is 54.9 cm³/mol. The van der Waals surface area contributed by atoms with Crippen LogP contribution in [0, 0.1) is 11.8 Å². The van der Waals surface area contributed by atoms with Gasteiger partial charge in [0.1, 0.15) is 12.4 Å². The summed E-state index contributed by atoms with van der Waals surface area (Å²) in [4.78, 5) is 0. The molecule has 1 heterocycles. The van der Waals surface area contributed by atoms with Gasteiger partial charge >= 0.3 is 0 Å². The predicted octanol–water partition coefficient (Wildman–Crippen LogP) is 0.756. The molecule has 0 atom stereocenters. The minimum atomic E-state index is 0.270. The molecular weight excluding hydrogens is 194 g/mol. The van der Waals surface area contributed by atoms with Gasteiger partial charge in [0.25, 0.3) is 0 Å². The summed E-state index contributed by atoms with van der Waals surface area (Å²) in [6.07, 6.45) is 0. The minimum Gasteiger partial charge on any atom is -0.481 e. The second-order valence-electron chi connectivity index (χ2n) is 2.86. The van der Waals surface area contributed by atoms with Crippen LogP contribution in [0.3, 0.4) is 0 Å². The summed E-state index contributed by atoms with van der Waals surface area (Å²) in [6.45, 7) is 0.951. The van der Waals surface area contributed by atoms with Crippen LogP contribution in [0.5, 0.6) is 17.2 Å². The number of nitrogens with two attached hydrogens (primary N) is 1. The van der Waals surface area contributed by atoms with Crippen LogP contribution in [0.2, 0.25) is 0 Å². The Labute approximate surface area is 87.9 Å². The van der Waals surface area contributed by atoms with Crippen molar-refractivity contribution < 1.29 is 14.2 Å². The molecular formula is C11H11NO3. The maximum atomic E-state index is 5.37. The van der Waals surface area contributed by atoms with Crippen LogP contribution < -0.4 is 19.9 Å². The molecule has 0 amide bonds. The number of hydrogen-bond donors (Lipinski definition) is 1. The Hall–Kier alpha value is -1.86. The van der Waals surface area contributed by atoms with Gasteiger partial charge in [0, 0.05) is 6.07 Å². The lowest BCUT2D eigenvalue weighted by molar-refractivity contribution is 0.174.